The molecule has 2 aliphatic rings. The lowest BCUT2D eigenvalue weighted by Gasteiger charge is -2.53. The summed E-state index contributed by atoms with van der Waals surface area (Å²) in [6, 6.07) is 5.96. The first kappa shape index (κ1) is 15.9. The second-order valence-electron chi connectivity index (χ2n) is 7.19. The molecular weight excluding hydrogens is 279 g/mol. The number of benzene rings is 1. The highest BCUT2D eigenvalue weighted by atomic mass is 19.1. The third kappa shape index (κ3) is 2.92. The Bertz CT molecular complexity index is 536. The van der Waals surface area contributed by atoms with E-state index in [1.54, 1.807) is 13.0 Å². The third-order valence-corrected chi connectivity index (χ3v) is 5.74. The number of piperidine rings is 2. The van der Waals surface area contributed by atoms with Gasteiger partial charge in [0.2, 0.25) is 0 Å². The number of aryl methyl sites for hydroxylation is 1. The van der Waals surface area contributed by atoms with Crippen molar-refractivity contribution in [2.24, 2.45) is 5.41 Å². The summed E-state index contributed by atoms with van der Waals surface area (Å²) in [5.74, 6) is -0.117. The number of hydrogen-bond donors (Lipinski definition) is 1. The van der Waals surface area contributed by atoms with Crippen molar-refractivity contribution in [2.45, 2.75) is 38.8 Å². The Morgan fingerprint density at radius 3 is 2.86 bits per heavy atom. The van der Waals surface area contributed by atoms with E-state index in [0.29, 0.717) is 11.6 Å². The zero-order valence-electron chi connectivity index (χ0n) is 13.7. The number of likely N-dealkylation sites (N-methyl/N-ethyl adjacent to an activating group) is 1. The largest absolute Gasteiger partial charge is 0.396 e. The molecule has 2 heterocycles. The van der Waals surface area contributed by atoms with Crippen LogP contribution in [0.3, 0.4) is 0 Å². The second-order valence-corrected chi connectivity index (χ2v) is 7.19. The van der Waals surface area contributed by atoms with Crippen LogP contribution in [0, 0.1) is 18.2 Å². The molecule has 1 aromatic carbocycles. The number of halogens is 1. The highest BCUT2D eigenvalue weighted by Gasteiger charge is 2.46. The van der Waals surface area contributed by atoms with Crippen LogP contribution in [0.25, 0.3) is 0 Å². The van der Waals surface area contributed by atoms with Gasteiger partial charge in [-0.3, -0.25) is 4.90 Å². The molecule has 0 radical (unpaired) electrons. The molecule has 2 fully saturated rings. The van der Waals surface area contributed by atoms with E-state index in [1.807, 2.05) is 12.1 Å². The lowest BCUT2D eigenvalue weighted by molar-refractivity contribution is -0.0684. The van der Waals surface area contributed by atoms with E-state index in [0.717, 1.165) is 44.6 Å². The number of aliphatic hydroxyl groups is 1. The lowest BCUT2D eigenvalue weighted by Crippen LogP contribution is -2.61. The molecule has 0 amide bonds. The molecule has 1 aromatic rings. The van der Waals surface area contributed by atoms with Gasteiger partial charge in [0.25, 0.3) is 0 Å². The molecule has 0 unspecified atom stereocenters. The maximum Gasteiger partial charge on any atom is 0.126 e. The fourth-order valence-corrected chi connectivity index (χ4v) is 4.21. The van der Waals surface area contributed by atoms with Crippen molar-refractivity contribution in [1.29, 1.82) is 0 Å². The molecule has 1 N–H and O–H groups in total. The molecule has 0 bridgehead atoms. The highest BCUT2D eigenvalue weighted by molar-refractivity contribution is 5.23. The van der Waals surface area contributed by atoms with Gasteiger partial charge in [-0.05, 0) is 63.5 Å². The van der Waals surface area contributed by atoms with Crippen molar-refractivity contribution < 1.29 is 9.50 Å². The third-order valence-electron chi connectivity index (χ3n) is 5.74. The Labute approximate surface area is 132 Å². The lowest BCUT2D eigenvalue weighted by atomic mass is 9.69. The minimum absolute atomic E-state index is 0.0715. The molecule has 3 nitrogen and oxygen atoms in total. The Balaban J connectivity index is 1.71. The SMILES string of the molecule is Cc1ccc(CN2CC[C@@]3(CO)CCCN(C)[C@@H]3C2)cc1F. The minimum atomic E-state index is -0.117. The van der Waals surface area contributed by atoms with Gasteiger partial charge in [-0.25, -0.2) is 4.39 Å². The first-order chi connectivity index (χ1) is 10.5. The van der Waals surface area contributed by atoms with E-state index in [1.165, 1.54) is 6.42 Å². The average molecular weight is 306 g/mol. The second kappa shape index (κ2) is 6.26. The van der Waals surface area contributed by atoms with Crippen LogP contribution >= 0.6 is 0 Å². The van der Waals surface area contributed by atoms with Gasteiger partial charge in [0.1, 0.15) is 5.82 Å². The van der Waals surface area contributed by atoms with Crippen LogP contribution in [-0.4, -0.2) is 54.2 Å². The molecule has 2 saturated heterocycles. The molecular formula is C18H27FN2O. The van der Waals surface area contributed by atoms with E-state index in [4.69, 9.17) is 0 Å². The van der Waals surface area contributed by atoms with Gasteiger partial charge in [0.05, 0.1) is 6.61 Å². The standard InChI is InChI=1S/C18H27FN2O/c1-14-4-5-15(10-16(14)19)11-21-9-7-18(13-22)6-3-8-20(2)17(18)12-21/h4-5,10,17,22H,3,6-9,11-13H2,1-2H3/t17-,18-/m1/s1. The maximum absolute atomic E-state index is 13.7. The van der Waals surface area contributed by atoms with Gasteiger partial charge in [-0.1, -0.05) is 12.1 Å². The van der Waals surface area contributed by atoms with Crippen LogP contribution in [0.1, 0.15) is 30.4 Å². The number of aliphatic hydroxyl groups excluding tert-OH is 1. The molecule has 0 aromatic heterocycles. The van der Waals surface area contributed by atoms with Gasteiger partial charge in [-0.2, -0.15) is 0 Å². The smallest absolute Gasteiger partial charge is 0.126 e. The number of rotatable bonds is 3. The minimum Gasteiger partial charge on any atom is -0.396 e. The zero-order chi connectivity index (χ0) is 15.7. The number of hydrogen-bond acceptors (Lipinski definition) is 3. The van der Waals surface area contributed by atoms with E-state index >= 15 is 0 Å². The Morgan fingerprint density at radius 2 is 2.14 bits per heavy atom. The quantitative estimate of drug-likeness (QED) is 0.929. The van der Waals surface area contributed by atoms with Crippen LogP contribution in [0.15, 0.2) is 18.2 Å². The predicted octanol–water partition coefficient (Wildman–Crippen LogP) is 2.41. The van der Waals surface area contributed by atoms with Crippen LogP contribution in [-0.2, 0) is 6.54 Å². The summed E-state index contributed by atoms with van der Waals surface area (Å²) >= 11 is 0. The summed E-state index contributed by atoms with van der Waals surface area (Å²) in [5.41, 5.74) is 1.81. The first-order valence-corrected chi connectivity index (χ1v) is 8.32. The van der Waals surface area contributed by atoms with Crippen molar-refractivity contribution in [1.82, 2.24) is 9.80 Å². The molecule has 0 aliphatic carbocycles. The van der Waals surface area contributed by atoms with E-state index in [2.05, 4.69) is 16.8 Å². The fraction of sp³-hybridized carbons (Fsp3) is 0.667. The monoisotopic (exact) mass is 306 g/mol. The van der Waals surface area contributed by atoms with E-state index in [9.17, 15) is 9.50 Å². The van der Waals surface area contributed by atoms with E-state index in [-0.39, 0.29) is 17.8 Å². The molecule has 4 heteroatoms. The number of likely N-dealkylation sites (tertiary alicyclic amines) is 2. The summed E-state index contributed by atoms with van der Waals surface area (Å²) in [5, 5.41) is 9.94. The van der Waals surface area contributed by atoms with Crippen molar-refractivity contribution >= 4 is 0 Å². The zero-order valence-corrected chi connectivity index (χ0v) is 13.7. The van der Waals surface area contributed by atoms with Crippen molar-refractivity contribution in [3.05, 3.63) is 35.1 Å². The van der Waals surface area contributed by atoms with Crippen LogP contribution in [0.2, 0.25) is 0 Å². The maximum atomic E-state index is 13.7. The van der Waals surface area contributed by atoms with Gasteiger partial charge in [-0.15, -0.1) is 0 Å². The van der Waals surface area contributed by atoms with Gasteiger partial charge >= 0.3 is 0 Å². The van der Waals surface area contributed by atoms with Crippen molar-refractivity contribution in [3.8, 4) is 0 Å². The Morgan fingerprint density at radius 1 is 1.32 bits per heavy atom. The topological polar surface area (TPSA) is 26.7 Å². The Hall–Kier alpha value is -0.970. The first-order valence-electron chi connectivity index (χ1n) is 8.32. The van der Waals surface area contributed by atoms with Gasteiger partial charge in [0.15, 0.2) is 0 Å². The molecule has 122 valence electrons. The van der Waals surface area contributed by atoms with Crippen molar-refractivity contribution in [2.75, 3.05) is 33.3 Å². The van der Waals surface area contributed by atoms with Crippen LogP contribution < -0.4 is 0 Å². The summed E-state index contributed by atoms with van der Waals surface area (Å²) in [7, 11) is 2.17. The molecule has 2 aliphatic heterocycles. The van der Waals surface area contributed by atoms with Crippen LogP contribution in [0.5, 0.6) is 0 Å². The summed E-state index contributed by atoms with van der Waals surface area (Å²) in [6.07, 6.45) is 3.34. The fourth-order valence-electron chi connectivity index (χ4n) is 4.21. The van der Waals surface area contributed by atoms with E-state index < -0.39 is 0 Å². The van der Waals surface area contributed by atoms with Gasteiger partial charge < -0.3 is 10.0 Å². The summed E-state index contributed by atoms with van der Waals surface area (Å²) < 4.78 is 13.7. The van der Waals surface area contributed by atoms with Gasteiger partial charge in [0, 0.05) is 24.5 Å². The predicted molar refractivity (Wildman–Crippen MR) is 86.2 cm³/mol. The highest BCUT2D eigenvalue weighted by Crippen LogP contribution is 2.41. The van der Waals surface area contributed by atoms with Crippen molar-refractivity contribution in [3.63, 3.8) is 0 Å². The Kier molecular flexibility index (Phi) is 4.53. The number of nitrogens with zero attached hydrogens (tertiary/aromatic N) is 2. The summed E-state index contributed by atoms with van der Waals surface area (Å²) in [4.78, 5) is 4.81. The molecule has 3 rings (SSSR count). The van der Waals surface area contributed by atoms with Crippen LogP contribution in [0.4, 0.5) is 4.39 Å². The molecule has 0 saturated carbocycles. The summed E-state index contributed by atoms with van der Waals surface area (Å²) in [6.45, 7) is 5.94. The normalized spacial score (nSPS) is 30.3. The molecule has 22 heavy (non-hydrogen) atoms. The average Bonchev–Trinajstić information content (AvgIpc) is 2.52. The molecule has 2 atom stereocenters. The number of fused-ring (bicyclic) bond motifs is 1. The molecule has 0 spiro atoms.